The monoisotopic (exact) mass is 535 g/mol. The van der Waals surface area contributed by atoms with E-state index in [1.807, 2.05) is 0 Å². The Morgan fingerprint density at radius 3 is 2.56 bits per heavy atom. The SMILES string of the molecule is C[C@H]1OC(c2ccc(OCCCO)cc2)=N[C@@]1(Cc1ccccc1N=[N+]=[N-])C(=O)NCc1c(F)cccc1F. The fraction of sp³-hybridized carbons (Fsp3) is 0.286. The van der Waals surface area contributed by atoms with Gasteiger partial charge in [0, 0.05) is 47.7 Å². The van der Waals surface area contributed by atoms with E-state index in [1.54, 1.807) is 55.5 Å². The van der Waals surface area contributed by atoms with Gasteiger partial charge in [0.2, 0.25) is 5.90 Å². The quantitative estimate of drug-likeness (QED) is 0.153. The van der Waals surface area contributed by atoms with Crippen molar-refractivity contribution in [3.05, 3.63) is 105 Å². The minimum Gasteiger partial charge on any atom is -0.494 e. The van der Waals surface area contributed by atoms with Crippen LogP contribution in [0, 0.1) is 11.6 Å². The number of rotatable bonds is 11. The Kier molecular flexibility index (Phi) is 8.75. The van der Waals surface area contributed by atoms with Crippen LogP contribution in [0.25, 0.3) is 10.4 Å². The van der Waals surface area contributed by atoms with Crippen molar-refractivity contribution in [3.8, 4) is 5.75 Å². The van der Waals surface area contributed by atoms with Crippen molar-refractivity contribution in [2.75, 3.05) is 13.2 Å². The first kappa shape index (κ1) is 27.6. The zero-order chi connectivity index (χ0) is 27.8. The molecule has 9 nitrogen and oxygen atoms in total. The van der Waals surface area contributed by atoms with Crippen LogP contribution < -0.4 is 10.1 Å². The summed E-state index contributed by atoms with van der Waals surface area (Å²) < 4.78 is 40.1. The van der Waals surface area contributed by atoms with Crippen LogP contribution >= 0.6 is 0 Å². The molecule has 0 aromatic heterocycles. The van der Waals surface area contributed by atoms with Gasteiger partial charge in [-0.3, -0.25) is 4.79 Å². The molecule has 0 aliphatic carbocycles. The molecule has 0 radical (unpaired) electrons. The number of aliphatic hydroxyl groups excluding tert-OH is 1. The minimum atomic E-state index is -1.53. The number of benzene rings is 3. The number of carbonyl (C=O) groups excluding carboxylic acids is 1. The van der Waals surface area contributed by atoms with E-state index >= 15 is 0 Å². The predicted molar refractivity (Wildman–Crippen MR) is 141 cm³/mol. The highest BCUT2D eigenvalue weighted by Crippen LogP contribution is 2.35. The molecule has 0 saturated heterocycles. The molecule has 0 saturated carbocycles. The van der Waals surface area contributed by atoms with Crippen molar-refractivity contribution in [2.45, 2.75) is 38.0 Å². The molecule has 0 unspecified atom stereocenters. The summed E-state index contributed by atoms with van der Waals surface area (Å²) in [5.74, 6) is -1.36. The first-order chi connectivity index (χ1) is 18.9. The highest BCUT2D eigenvalue weighted by atomic mass is 19.1. The Labute approximate surface area is 223 Å². The van der Waals surface area contributed by atoms with Gasteiger partial charge in [0.15, 0.2) is 5.54 Å². The number of nitrogens with one attached hydrogen (secondary N) is 1. The molecule has 39 heavy (non-hydrogen) atoms. The lowest BCUT2D eigenvalue weighted by molar-refractivity contribution is -0.128. The molecule has 0 fully saturated rings. The number of ether oxygens (including phenoxy) is 2. The highest BCUT2D eigenvalue weighted by molar-refractivity contribution is 6.01. The number of halogens is 2. The Morgan fingerprint density at radius 1 is 1.15 bits per heavy atom. The number of nitrogens with zero attached hydrogens (tertiary/aromatic N) is 4. The average Bonchev–Trinajstić information content (AvgIpc) is 3.27. The molecule has 1 heterocycles. The van der Waals surface area contributed by atoms with Crippen LogP contribution in [0.15, 0.2) is 76.8 Å². The van der Waals surface area contributed by atoms with E-state index in [-0.39, 0.29) is 24.5 Å². The van der Waals surface area contributed by atoms with Gasteiger partial charge in [-0.2, -0.15) is 0 Å². The van der Waals surface area contributed by atoms with Gasteiger partial charge in [-0.1, -0.05) is 35.4 Å². The zero-order valence-electron chi connectivity index (χ0n) is 21.2. The van der Waals surface area contributed by atoms with E-state index in [4.69, 9.17) is 25.1 Å². The molecule has 0 bridgehead atoms. The Hall–Kier alpha value is -4.47. The van der Waals surface area contributed by atoms with E-state index in [2.05, 4.69) is 15.3 Å². The minimum absolute atomic E-state index is 0.000795. The van der Waals surface area contributed by atoms with Crippen molar-refractivity contribution in [3.63, 3.8) is 0 Å². The second-order valence-electron chi connectivity index (χ2n) is 8.93. The summed E-state index contributed by atoms with van der Waals surface area (Å²) in [6, 6.07) is 17.2. The molecular formula is C28H27F2N5O4. The number of hydrogen-bond donors (Lipinski definition) is 2. The molecule has 11 heteroatoms. The molecule has 2 N–H and O–H groups in total. The second-order valence-corrected chi connectivity index (χ2v) is 8.93. The van der Waals surface area contributed by atoms with Crippen LogP contribution in [0.1, 0.15) is 30.0 Å². The lowest BCUT2D eigenvalue weighted by Crippen LogP contribution is -2.52. The highest BCUT2D eigenvalue weighted by Gasteiger charge is 2.50. The van der Waals surface area contributed by atoms with Gasteiger partial charge in [-0.25, -0.2) is 13.8 Å². The molecule has 1 amide bonds. The van der Waals surface area contributed by atoms with Crippen LogP contribution in [0.4, 0.5) is 14.5 Å². The number of carbonyl (C=O) groups is 1. The van der Waals surface area contributed by atoms with Crippen molar-refractivity contribution < 1.29 is 28.2 Å². The van der Waals surface area contributed by atoms with E-state index in [0.29, 0.717) is 35.6 Å². The lowest BCUT2D eigenvalue weighted by atomic mass is 9.85. The fourth-order valence-electron chi connectivity index (χ4n) is 4.26. The summed E-state index contributed by atoms with van der Waals surface area (Å²) in [6.45, 7) is 1.68. The summed E-state index contributed by atoms with van der Waals surface area (Å²) in [7, 11) is 0. The van der Waals surface area contributed by atoms with E-state index < -0.39 is 35.7 Å². The molecule has 0 spiro atoms. The Balaban J connectivity index is 1.68. The zero-order valence-corrected chi connectivity index (χ0v) is 21.2. The number of aliphatic imine (C=N–C) groups is 1. The lowest BCUT2D eigenvalue weighted by Gasteiger charge is -2.28. The van der Waals surface area contributed by atoms with Gasteiger partial charge in [0.1, 0.15) is 23.5 Å². The molecule has 202 valence electrons. The van der Waals surface area contributed by atoms with Crippen LogP contribution in [0.2, 0.25) is 0 Å². The van der Waals surface area contributed by atoms with Gasteiger partial charge < -0.3 is 19.9 Å². The largest absolute Gasteiger partial charge is 0.494 e. The first-order valence-electron chi connectivity index (χ1n) is 12.3. The smallest absolute Gasteiger partial charge is 0.252 e. The third kappa shape index (κ3) is 6.17. The van der Waals surface area contributed by atoms with Gasteiger partial charge in [-0.15, -0.1) is 0 Å². The maximum Gasteiger partial charge on any atom is 0.252 e. The second kappa shape index (κ2) is 12.4. The molecule has 4 rings (SSSR count). The molecular weight excluding hydrogens is 508 g/mol. The van der Waals surface area contributed by atoms with E-state index in [1.165, 1.54) is 6.07 Å². The van der Waals surface area contributed by atoms with Crippen molar-refractivity contribution in [1.82, 2.24) is 5.32 Å². The van der Waals surface area contributed by atoms with Crippen LogP contribution in [-0.2, 0) is 22.5 Å². The van der Waals surface area contributed by atoms with Gasteiger partial charge in [-0.05, 0) is 54.4 Å². The molecule has 1 aliphatic heterocycles. The fourth-order valence-corrected chi connectivity index (χ4v) is 4.26. The van der Waals surface area contributed by atoms with Crippen molar-refractivity contribution in [2.24, 2.45) is 10.1 Å². The summed E-state index contributed by atoms with van der Waals surface area (Å²) in [5.41, 5.74) is 8.67. The molecule has 3 aromatic carbocycles. The molecule has 2 atom stereocenters. The third-order valence-corrected chi connectivity index (χ3v) is 6.42. The van der Waals surface area contributed by atoms with Gasteiger partial charge in [0.05, 0.1) is 6.61 Å². The molecule has 3 aromatic rings. The van der Waals surface area contributed by atoms with Crippen LogP contribution in [0.5, 0.6) is 5.75 Å². The maximum atomic E-state index is 14.2. The summed E-state index contributed by atoms with van der Waals surface area (Å²) in [5, 5.41) is 15.3. The van der Waals surface area contributed by atoms with E-state index in [0.717, 1.165) is 12.1 Å². The average molecular weight is 536 g/mol. The molecule has 1 aliphatic rings. The van der Waals surface area contributed by atoms with Crippen molar-refractivity contribution in [1.29, 1.82) is 0 Å². The van der Waals surface area contributed by atoms with Crippen molar-refractivity contribution >= 4 is 17.5 Å². The van der Waals surface area contributed by atoms with Gasteiger partial charge in [0.25, 0.3) is 5.91 Å². The van der Waals surface area contributed by atoms with E-state index in [9.17, 15) is 13.6 Å². The maximum absolute atomic E-state index is 14.2. The van der Waals surface area contributed by atoms with Gasteiger partial charge >= 0.3 is 0 Å². The standard InChI is InChI=1S/C28H27F2N5O4/c1-18-28(16-20-6-2-3-9-25(20)34-35-31,27(37)32-17-22-23(29)7-4-8-24(22)30)33-26(39-18)19-10-12-21(13-11-19)38-15-5-14-36/h2-4,6-13,18,36H,5,14-17H2,1H3,(H,32,37)/t18-,28-/m1/s1. The predicted octanol–water partition coefficient (Wildman–Crippen LogP) is 5.13. The number of hydrogen-bond acceptors (Lipinski definition) is 6. The normalized spacial score (nSPS) is 18.1. The Morgan fingerprint density at radius 2 is 1.87 bits per heavy atom. The van der Waals surface area contributed by atoms with Crippen LogP contribution in [-0.4, -0.2) is 41.8 Å². The summed E-state index contributed by atoms with van der Waals surface area (Å²) in [6.07, 6.45) is -0.278. The van der Waals surface area contributed by atoms with Crippen LogP contribution in [0.3, 0.4) is 0 Å². The third-order valence-electron chi connectivity index (χ3n) is 6.42. The first-order valence-corrected chi connectivity index (χ1v) is 12.3. The number of azide groups is 1. The number of amides is 1. The topological polar surface area (TPSA) is 129 Å². The Bertz CT molecular complexity index is 1390. The summed E-state index contributed by atoms with van der Waals surface area (Å²) >= 11 is 0. The number of aliphatic hydroxyl groups is 1. The summed E-state index contributed by atoms with van der Waals surface area (Å²) in [4.78, 5) is 21.3.